The van der Waals surface area contributed by atoms with E-state index in [9.17, 15) is 8.78 Å². The minimum atomic E-state index is -0.338. The van der Waals surface area contributed by atoms with Gasteiger partial charge in [-0.3, -0.25) is 4.98 Å². The zero-order valence-electron chi connectivity index (χ0n) is 11.6. The van der Waals surface area contributed by atoms with E-state index < -0.39 is 0 Å². The molecule has 2 atom stereocenters. The molecule has 1 aromatic carbocycles. The molecule has 2 nitrogen and oxygen atoms in total. The molecule has 106 valence electrons. The number of aromatic nitrogens is 1. The van der Waals surface area contributed by atoms with Crippen LogP contribution >= 0.6 is 0 Å². The lowest BCUT2D eigenvalue weighted by molar-refractivity contribution is 0.446. The summed E-state index contributed by atoms with van der Waals surface area (Å²) in [5, 5.41) is 3.43. The molecule has 1 heterocycles. The molecule has 20 heavy (non-hydrogen) atoms. The first-order valence-corrected chi connectivity index (χ1v) is 6.73. The van der Waals surface area contributed by atoms with Gasteiger partial charge in [0.15, 0.2) is 0 Å². The maximum atomic E-state index is 12.9. The molecule has 0 fully saturated rings. The van der Waals surface area contributed by atoms with Gasteiger partial charge in [0, 0.05) is 12.1 Å². The fraction of sp³-hybridized carbons (Fsp3) is 0.312. The number of nitrogens with one attached hydrogen (secondary N) is 1. The average Bonchev–Trinajstić information content (AvgIpc) is 2.46. The molecule has 0 aliphatic heterocycles. The van der Waals surface area contributed by atoms with E-state index >= 15 is 0 Å². The fourth-order valence-corrected chi connectivity index (χ4v) is 2.16. The maximum absolute atomic E-state index is 12.9. The van der Waals surface area contributed by atoms with Gasteiger partial charge in [-0.25, -0.2) is 8.78 Å². The fourth-order valence-electron chi connectivity index (χ4n) is 2.16. The Morgan fingerprint density at radius 2 is 1.70 bits per heavy atom. The molecule has 4 heteroatoms. The van der Waals surface area contributed by atoms with E-state index in [0.29, 0.717) is 0 Å². The topological polar surface area (TPSA) is 24.9 Å². The summed E-state index contributed by atoms with van der Waals surface area (Å²) in [6, 6.07) is 9.62. The van der Waals surface area contributed by atoms with E-state index in [1.54, 1.807) is 18.2 Å². The second-order valence-electron chi connectivity index (χ2n) is 4.80. The highest BCUT2D eigenvalue weighted by atomic mass is 19.1. The van der Waals surface area contributed by atoms with E-state index in [1.165, 1.54) is 24.4 Å². The van der Waals surface area contributed by atoms with E-state index in [1.807, 2.05) is 13.8 Å². The van der Waals surface area contributed by atoms with Crippen LogP contribution in [0.2, 0.25) is 0 Å². The van der Waals surface area contributed by atoms with Crippen molar-refractivity contribution in [1.29, 1.82) is 0 Å². The van der Waals surface area contributed by atoms with Crippen molar-refractivity contribution in [2.45, 2.75) is 32.4 Å². The zero-order valence-corrected chi connectivity index (χ0v) is 11.6. The molecule has 0 saturated carbocycles. The SMILES string of the molecule is CCC(NC(C)c1ccc(F)cc1)c1ccc(F)cn1. The van der Waals surface area contributed by atoms with E-state index in [4.69, 9.17) is 0 Å². The highest BCUT2D eigenvalue weighted by Crippen LogP contribution is 2.21. The molecule has 0 aliphatic rings. The lowest BCUT2D eigenvalue weighted by Gasteiger charge is -2.22. The quantitative estimate of drug-likeness (QED) is 0.887. The number of benzene rings is 1. The van der Waals surface area contributed by atoms with Crippen LogP contribution in [0.5, 0.6) is 0 Å². The molecular formula is C16H18F2N2. The molecule has 0 amide bonds. The Kier molecular flexibility index (Phi) is 4.79. The number of hydrogen-bond donors (Lipinski definition) is 1. The number of hydrogen-bond acceptors (Lipinski definition) is 2. The van der Waals surface area contributed by atoms with Crippen molar-refractivity contribution in [2.75, 3.05) is 0 Å². The molecule has 0 aliphatic carbocycles. The third-order valence-electron chi connectivity index (χ3n) is 3.34. The van der Waals surface area contributed by atoms with Gasteiger partial charge in [-0.2, -0.15) is 0 Å². The summed E-state index contributed by atoms with van der Waals surface area (Å²) in [4.78, 5) is 4.11. The first kappa shape index (κ1) is 14.6. The Morgan fingerprint density at radius 1 is 1.05 bits per heavy atom. The number of pyridine rings is 1. The van der Waals surface area contributed by atoms with Crippen molar-refractivity contribution >= 4 is 0 Å². The van der Waals surface area contributed by atoms with E-state index in [0.717, 1.165) is 17.7 Å². The maximum Gasteiger partial charge on any atom is 0.141 e. The smallest absolute Gasteiger partial charge is 0.141 e. The highest BCUT2D eigenvalue weighted by Gasteiger charge is 2.15. The Hall–Kier alpha value is -1.81. The third-order valence-corrected chi connectivity index (χ3v) is 3.34. The highest BCUT2D eigenvalue weighted by molar-refractivity contribution is 5.20. The van der Waals surface area contributed by atoms with Crippen LogP contribution in [0.4, 0.5) is 8.78 Å². The van der Waals surface area contributed by atoms with Crippen LogP contribution in [0.25, 0.3) is 0 Å². The van der Waals surface area contributed by atoms with Gasteiger partial charge in [0.05, 0.1) is 11.9 Å². The van der Waals surface area contributed by atoms with Gasteiger partial charge < -0.3 is 5.32 Å². The molecule has 1 N–H and O–H groups in total. The Balaban J connectivity index is 2.09. The minimum Gasteiger partial charge on any atom is -0.302 e. The molecule has 2 rings (SSSR count). The van der Waals surface area contributed by atoms with Crippen molar-refractivity contribution in [3.8, 4) is 0 Å². The van der Waals surface area contributed by atoms with Crippen molar-refractivity contribution in [2.24, 2.45) is 0 Å². The summed E-state index contributed by atoms with van der Waals surface area (Å²) < 4.78 is 25.8. The van der Waals surface area contributed by atoms with Crippen LogP contribution in [0.15, 0.2) is 42.6 Å². The first-order valence-electron chi connectivity index (χ1n) is 6.73. The van der Waals surface area contributed by atoms with E-state index in [-0.39, 0.29) is 23.7 Å². The van der Waals surface area contributed by atoms with Gasteiger partial charge in [-0.1, -0.05) is 19.1 Å². The molecule has 2 unspecified atom stereocenters. The minimum absolute atomic E-state index is 0.0376. The van der Waals surface area contributed by atoms with Crippen LogP contribution in [-0.4, -0.2) is 4.98 Å². The summed E-state index contributed by atoms with van der Waals surface area (Å²) in [6.45, 7) is 4.06. The van der Waals surface area contributed by atoms with Gasteiger partial charge in [0.25, 0.3) is 0 Å². The summed E-state index contributed by atoms with van der Waals surface area (Å²) in [7, 11) is 0. The Bertz CT molecular complexity index is 537. The second-order valence-corrected chi connectivity index (χ2v) is 4.80. The summed E-state index contributed by atoms with van der Waals surface area (Å²) in [5.74, 6) is -0.580. The largest absolute Gasteiger partial charge is 0.302 e. The zero-order chi connectivity index (χ0) is 14.5. The number of rotatable bonds is 5. The third kappa shape index (κ3) is 3.61. The van der Waals surface area contributed by atoms with Gasteiger partial charge in [0.2, 0.25) is 0 Å². The molecule has 2 aromatic rings. The summed E-state index contributed by atoms with van der Waals surface area (Å²) >= 11 is 0. The standard InChI is InChI=1S/C16H18F2N2/c1-3-15(16-9-8-14(18)10-19-16)20-11(2)12-4-6-13(17)7-5-12/h4-11,15,20H,3H2,1-2H3. The molecule has 0 bridgehead atoms. The number of nitrogens with zero attached hydrogens (tertiary/aromatic N) is 1. The summed E-state index contributed by atoms with van der Waals surface area (Å²) in [6.07, 6.45) is 2.06. The Morgan fingerprint density at radius 3 is 2.25 bits per heavy atom. The molecule has 1 aromatic heterocycles. The van der Waals surface area contributed by atoms with Crippen LogP contribution in [-0.2, 0) is 0 Å². The monoisotopic (exact) mass is 276 g/mol. The lowest BCUT2D eigenvalue weighted by Crippen LogP contribution is -2.25. The Labute approximate surface area is 117 Å². The van der Waals surface area contributed by atoms with Crippen LogP contribution in [0, 0.1) is 11.6 Å². The molecular weight excluding hydrogens is 258 g/mol. The van der Waals surface area contributed by atoms with Crippen molar-refractivity contribution in [3.05, 3.63) is 65.5 Å². The van der Waals surface area contributed by atoms with Crippen LogP contribution in [0.3, 0.4) is 0 Å². The second kappa shape index (κ2) is 6.57. The molecule has 0 radical (unpaired) electrons. The predicted octanol–water partition coefficient (Wildman–Crippen LogP) is 4.16. The van der Waals surface area contributed by atoms with Crippen LogP contribution < -0.4 is 5.32 Å². The van der Waals surface area contributed by atoms with Crippen molar-refractivity contribution < 1.29 is 8.78 Å². The first-order chi connectivity index (χ1) is 9.60. The summed E-state index contributed by atoms with van der Waals surface area (Å²) in [5.41, 5.74) is 1.81. The van der Waals surface area contributed by atoms with Gasteiger partial charge in [-0.05, 0) is 43.2 Å². The van der Waals surface area contributed by atoms with E-state index in [2.05, 4.69) is 10.3 Å². The van der Waals surface area contributed by atoms with Crippen LogP contribution in [0.1, 0.15) is 43.6 Å². The van der Waals surface area contributed by atoms with Gasteiger partial charge in [-0.15, -0.1) is 0 Å². The molecule has 0 saturated heterocycles. The van der Waals surface area contributed by atoms with Gasteiger partial charge >= 0.3 is 0 Å². The lowest BCUT2D eigenvalue weighted by atomic mass is 10.0. The van der Waals surface area contributed by atoms with Crippen molar-refractivity contribution in [3.63, 3.8) is 0 Å². The molecule has 0 spiro atoms. The number of halogens is 2. The van der Waals surface area contributed by atoms with Gasteiger partial charge in [0.1, 0.15) is 11.6 Å². The van der Waals surface area contributed by atoms with Crippen molar-refractivity contribution in [1.82, 2.24) is 10.3 Å². The normalized spacial score (nSPS) is 14.0. The average molecular weight is 276 g/mol. The predicted molar refractivity (Wildman–Crippen MR) is 75.2 cm³/mol.